The zero-order chi connectivity index (χ0) is 22.0. The molecule has 0 bridgehead atoms. The summed E-state index contributed by atoms with van der Waals surface area (Å²) in [5.41, 5.74) is 1.28. The maximum atomic E-state index is 13.1. The maximum absolute atomic E-state index is 13.1. The van der Waals surface area contributed by atoms with Gasteiger partial charge in [-0.2, -0.15) is 8.42 Å². The lowest BCUT2D eigenvalue weighted by atomic mass is 10.1. The van der Waals surface area contributed by atoms with Crippen LogP contribution in [0.1, 0.15) is 28.8 Å². The van der Waals surface area contributed by atoms with Crippen LogP contribution in [-0.2, 0) is 16.7 Å². The molecule has 4 rings (SSSR count). The van der Waals surface area contributed by atoms with E-state index in [2.05, 4.69) is 0 Å². The van der Waals surface area contributed by atoms with Crippen LogP contribution in [0.3, 0.4) is 0 Å². The van der Waals surface area contributed by atoms with E-state index in [4.69, 9.17) is 15.8 Å². The van der Waals surface area contributed by atoms with Crippen molar-refractivity contribution < 1.29 is 21.8 Å². The third kappa shape index (κ3) is 5.24. The van der Waals surface area contributed by atoms with Crippen molar-refractivity contribution in [2.75, 3.05) is 0 Å². The van der Waals surface area contributed by atoms with Crippen molar-refractivity contribution in [2.24, 2.45) is 0 Å². The topological polar surface area (TPSA) is 63.7 Å². The normalized spacial score (nSPS) is 13.6. The molecule has 3 aromatic carbocycles. The van der Waals surface area contributed by atoms with Crippen LogP contribution in [0.25, 0.3) is 0 Å². The molecule has 1 aliphatic rings. The van der Waals surface area contributed by atoms with Gasteiger partial charge in [-0.15, -0.1) is 0 Å². The van der Waals surface area contributed by atoms with Crippen molar-refractivity contribution in [1.82, 2.24) is 4.90 Å². The molecule has 0 aromatic heterocycles. The molecule has 5 nitrogen and oxygen atoms in total. The Morgan fingerprint density at radius 3 is 2.35 bits per heavy atom. The molecule has 0 aliphatic heterocycles. The van der Waals surface area contributed by atoms with Gasteiger partial charge in [-0.1, -0.05) is 23.7 Å². The van der Waals surface area contributed by atoms with Crippen LogP contribution in [-0.4, -0.2) is 25.3 Å². The van der Waals surface area contributed by atoms with E-state index in [-0.39, 0.29) is 22.6 Å². The molecule has 3 aromatic rings. The van der Waals surface area contributed by atoms with Crippen molar-refractivity contribution in [3.05, 3.63) is 94.8 Å². The first-order chi connectivity index (χ1) is 14.8. The third-order valence-corrected chi connectivity index (χ3v) is 6.41. The average Bonchev–Trinajstić information content (AvgIpc) is 3.58. The number of amides is 1. The second-order valence-electron chi connectivity index (χ2n) is 7.31. The fraction of sp³-hybridized carbons (Fsp3) is 0.174. The monoisotopic (exact) mass is 459 g/mol. The SMILES string of the molecule is O=C(c1ccc(Cl)cc1)N(Cc1cccc(OS(=O)(=O)c2ccc(F)cc2)c1)C1CC1. The molecule has 1 fully saturated rings. The summed E-state index contributed by atoms with van der Waals surface area (Å²) in [6, 6.07) is 17.9. The van der Waals surface area contributed by atoms with Gasteiger partial charge in [-0.3, -0.25) is 4.79 Å². The maximum Gasteiger partial charge on any atom is 0.339 e. The first-order valence-electron chi connectivity index (χ1n) is 9.67. The summed E-state index contributed by atoms with van der Waals surface area (Å²) in [5.74, 6) is -0.521. The third-order valence-electron chi connectivity index (χ3n) is 4.90. The van der Waals surface area contributed by atoms with Gasteiger partial charge in [0.05, 0.1) is 0 Å². The number of rotatable bonds is 7. The van der Waals surface area contributed by atoms with Crippen LogP contribution in [0.15, 0.2) is 77.7 Å². The molecule has 160 valence electrons. The van der Waals surface area contributed by atoms with E-state index in [1.165, 1.54) is 6.07 Å². The number of hydrogen-bond donors (Lipinski definition) is 0. The van der Waals surface area contributed by atoms with Crippen LogP contribution in [0.5, 0.6) is 5.75 Å². The van der Waals surface area contributed by atoms with Gasteiger partial charge in [0, 0.05) is 23.2 Å². The van der Waals surface area contributed by atoms with Gasteiger partial charge in [0.2, 0.25) is 0 Å². The minimum Gasteiger partial charge on any atom is -0.379 e. The lowest BCUT2D eigenvalue weighted by molar-refractivity contribution is 0.0730. The number of nitrogens with zero attached hydrogens (tertiary/aromatic N) is 1. The largest absolute Gasteiger partial charge is 0.379 e. The number of carbonyl (C=O) groups is 1. The Labute approximate surface area is 185 Å². The Morgan fingerprint density at radius 2 is 1.71 bits per heavy atom. The Balaban J connectivity index is 1.52. The van der Waals surface area contributed by atoms with Crippen LogP contribution < -0.4 is 4.18 Å². The molecule has 1 saturated carbocycles. The van der Waals surface area contributed by atoms with Crippen molar-refractivity contribution in [2.45, 2.75) is 30.3 Å². The summed E-state index contributed by atoms with van der Waals surface area (Å²) in [6.45, 7) is 0.319. The van der Waals surface area contributed by atoms with E-state index >= 15 is 0 Å². The lowest BCUT2D eigenvalue weighted by Gasteiger charge is -2.23. The summed E-state index contributed by atoms with van der Waals surface area (Å²) >= 11 is 5.92. The van der Waals surface area contributed by atoms with Gasteiger partial charge in [0.1, 0.15) is 16.5 Å². The Morgan fingerprint density at radius 1 is 1.03 bits per heavy atom. The Bertz CT molecular complexity index is 1190. The van der Waals surface area contributed by atoms with E-state index < -0.39 is 15.9 Å². The first-order valence-corrected chi connectivity index (χ1v) is 11.5. The molecular weight excluding hydrogens is 441 g/mol. The molecular formula is C23H19ClFNO4S. The zero-order valence-electron chi connectivity index (χ0n) is 16.4. The number of halogens is 2. The van der Waals surface area contributed by atoms with Crippen LogP contribution in [0.4, 0.5) is 4.39 Å². The highest BCUT2D eigenvalue weighted by Gasteiger charge is 2.33. The van der Waals surface area contributed by atoms with Crippen LogP contribution in [0, 0.1) is 5.82 Å². The Kier molecular flexibility index (Phi) is 5.98. The van der Waals surface area contributed by atoms with E-state index in [0.717, 1.165) is 42.7 Å². The van der Waals surface area contributed by atoms with E-state index in [9.17, 15) is 17.6 Å². The molecule has 1 amide bonds. The molecule has 0 heterocycles. The smallest absolute Gasteiger partial charge is 0.339 e. The van der Waals surface area contributed by atoms with Gasteiger partial charge in [0.15, 0.2) is 0 Å². The Hall–Kier alpha value is -2.90. The van der Waals surface area contributed by atoms with Crippen LogP contribution in [0.2, 0.25) is 5.02 Å². The van der Waals surface area contributed by atoms with Crippen molar-refractivity contribution in [3.63, 3.8) is 0 Å². The fourth-order valence-electron chi connectivity index (χ4n) is 3.18. The average molecular weight is 460 g/mol. The predicted octanol–water partition coefficient (Wildman–Crippen LogP) is 5.05. The van der Waals surface area contributed by atoms with Gasteiger partial charge < -0.3 is 9.08 Å². The molecule has 31 heavy (non-hydrogen) atoms. The van der Waals surface area contributed by atoms with Gasteiger partial charge in [0.25, 0.3) is 5.91 Å². The standard InChI is InChI=1S/C23H19ClFNO4S/c24-18-6-4-17(5-7-18)23(27)26(20-10-11-20)15-16-2-1-3-21(14-16)30-31(28,29)22-12-8-19(25)9-13-22/h1-9,12-14,20H,10-11,15H2. The van der Waals surface area contributed by atoms with Crippen molar-refractivity contribution >= 4 is 27.6 Å². The molecule has 0 N–H and O–H groups in total. The molecule has 0 spiro atoms. The second-order valence-corrected chi connectivity index (χ2v) is 9.29. The molecule has 0 atom stereocenters. The molecule has 1 aliphatic carbocycles. The van der Waals surface area contributed by atoms with E-state index in [1.807, 2.05) is 6.07 Å². The molecule has 0 saturated heterocycles. The van der Waals surface area contributed by atoms with Gasteiger partial charge >= 0.3 is 10.1 Å². The van der Waals surface area contributed by atoms with E-state index in [0.29, 0.717) is 17.1 Å². The number of carbonyl (C=O) groups excluding carboxylic acids is 1. The summed E-state index contributed by atoms with van der Waals surface area (Å²) in [6.07, 6.45) is 1.85. The van der Waals surface area contributed by atoms with Gasteiger partial charge in [-0.25, -0.2) is 4.39 Å². The zero-order valence-corrected chi connectivity index (χ0v) is 17.9. The minimum absolute atomic E-state index is 0.107. The summed E-state index contributed by atoms with van der Waals surface area (Å²) in [4.78, 5) is 14.6. The number of hydrogen-bond acceptors (Lipinski definition) is 4. The summed E-state index contributed by atoms with van der Waals surface area (Å²) in [7, 11) is -4.10. The number of benzene rings is 3. The highest BCUT2D eigenvalue weighted by Crippen LogP contribution is 2.31. The first kappa shape index (κ1) is 21.3. The summed E-state index contributed by atoms with van der Waals surface area (Å²) in [5, 5.41) is 0.557. The second kappa shape index (κ2) is 8.69. The fourth-order valence-corrected chi connectivity index (χ4v) is 4.23. The van der Waals surface area contributed by atoms with Crippen LogP contribution >= 0.6 is 11.6 Å². The highest BCUT2D eigenvalue weighted by molar-refractivity contribution is 7.87. The highest BCUT2D eigenvalue weighted by atomic mass is 35.5. The molecule has 0 unspecified atom stereocenters. The predicted molar refractivity (Wildman–Crippen MR) is 115 cm³/mol. The quantitative estimate of drug-likeness (QED) is 0.464. The lowest BCUT2D eigenvalue weighted by Crippen LogP contribution is -2.32. The minimum atomic E-state index is -4.10. The molecule has 8 heteroatoms. The van der Waals surface area contributed by atoms with Gasteiger partial charge in [-0.05, 0) is 79.1 Å². The summed E-state index contributed by atoms with van der Waals surface area (Å²) < 4.78 is 43.2. The van der Waals surface area contributed by atoms with Crippen molar-refractivity contribution in [1.29, 1.82) is 0 Å². The molecule has 0 radical (unpaired) electrons. The van der Waals surface area contributed by atoms with Crippen molar-refractivity contribution in [3.8, 4) is 5.75 Å². The van der Waals surface area contributed by atoms with E-state index in [1.54, 1.807) is 41.3 Å².